The van der Waals surface area contributed by atoms with E-state index in [9.17, 15) is 9.59 Å². The summed E-state index contributed by atoms with van der Waals surface area (Å²) in [4.78, 5) is 20.0. The Hall–Kier alpha value is -1.12. The molecule has 1 radical (unpaired) electrons. The third-order valence-corrected chi connectivity index (χ3v) is 2.89. The number of aldehydes is 2. The summed E-state index contributed by atoms with van der Waals surface area (Å²) in [5, 5.41) is 0. The largest absolute Gasteiger partial charge is 0.299 e. The molecule has 0 heterocycles. The van der Waals surface area contributed by atoms with Gasteiger partial charge in [-0.2, -0.15) is 0 Å². The molecule has 0 aliphatic heterocycles. The van der Waals surface area contributed by atoms with Gasteiger partial charge in [0.15, 0.2) is 0 Å². The van der Waals surface area contributed by atoms with Gasteiger partial charge in [-0.1, -0.05) is 34.4 Å². The number of allylic oxidation sites excluding steroid dienone is 8. The molecule has 0 aromatic heterocycles. The molecule has 3 heteroatoms. The van der Waals surface area contributed by atoms with Crippen molar-refractivity contribution in [1.29, 1.82) is 0 Å². The molecule has 0 saturated heterocycles. The van der Waals surface area contributed by atoms with E-state index in [0.29, 0.717) is 0 Å². The van der Waals surface area contributed by atoms with Crippen LogP contribution in [0.2, 0.25) is 0 Å². The predicted molar refractivity (Wildman–Crippen MR) is 97.0 cm³/mol. The number of hydrogen-bond acceptors (Lipinski definition) is 2. The second-order valence-electron chi connectivity index (χ2n) is 5.94. The Morgan fingerprint density at radius 3 is 1.17 bits per heavy atom. The monoisotopic (exact) mass is 355 g/mol. The van der Waals surface area contributed by atoms with E-state index in [2.05, 4.69) is 39.8 Å². The zero-order valence-corrected chi connectivity index (χ0v) is 17.0. The Morgan fingerprint density at radius 2 is 0.957 bits per heavy atom. The molecule has 2 nitrogen and oxygen atoms in total. The van der Waals surface area contributed by atoms with Gasteiger partial charge in [-0.25, -0.2) is 0 Å². The van der Waals surface area contributed by atoms with Crippen LogP contribution in [-0.4, -0.2) is 12.6 Å². The number of carbonyl (C=O) groups is 2. The average molecular weight is 355 g/mol. The normalized spacial score (nSPS) is 10.5. The van der Waals surface area contributed by atoms with Crippen molar-refractivity contribution >= 4 is 12.6 Å². The van der Waals surface area contributed by atoms with E-state index in [-0.39, 0.29) is 18.6 Å². The Balaban J connectivity index is -0.000000333. The van der Waals surface area contributed by atoms with Crippen LogP contribution in [0.3, 0.4) is 0 Å². The quantitative estimate of drug-likeness (QED) is 0.315. The van der Waals surface area contributed by atoms with E-state index in [1.807, 2.05) is 13.8 Å². The molecule has 0 atom stereocenters. The van der Waals surface area contributed by atoms with Crippen molar-refractivity contribution in [2.75, 3.05) is 0 Å². The summed E-state index contributed by atoms with van der Waals surface area (Å²) in [6, 6.07) is 0. The van der Waals surface area contributed by atoms with Gasteiger partial charge in [0, 0.05) is 18.6 Å². The van der Waals surface area contributed by atoms with E-state index >= 15 is 0 Å². The summed E-state index contributed by atoms with van der Waals surface area (Å²) in [7, 11) is 0. The summed E-state index contributed by atoms with van der Waals surface area (Å²) in [5.74, 6) is 0. The van der Waals surface area contributed by atoms with E-state index in [1.165, 1.54) is 11.1 Å². The molecule has 0 aliphatic rings. The number of rotatable bonds is 8. The zero-order valence-electron chi connectivity index (χ0n) is 15.6. The van der Waals surface area contributed by atoms with Crippen LogP contribution < -0.4 is 0 Å². The van der Waals surface area contributed by atoms with E-state index in [1.54, 1.807) is 12.2 Å². The summed E-state index contributed by atoms with van der Waals surface area (Å²) >= 11 is 0. The SMILES string of the molecule is CC(C)=CCC/C(C)=C\C=O.CC(C)=CCC/C(C)=C\C=O.[V]. The minimum atomic E-state index is 0. The van der Waals surface area contributed by atoms with E-state index in [4.69, 9.17) is 0 Å². The molecule has 0 rings (SSSR count). The molecule has 23 heavy (non-hydrogen) atoms. The van der Waals surface area contributed by atoms with Crippen molar-refractivity contribution in [1.82, 2.24) is 0 Å². The molecule has 0 unspecified atom stereocenters. The van der Waals surface area contributed by atoms with Gasteiger partial charge < -0.3 is 0 Å². The number of hydrogen-bond donors (Lipinski definition) is 0. The van der Waals surface area contributed by atoms with Crippen molar-refractivity contribution in [2.24, 2.45) is 0 Å². The summed E-state index contributed by atoms with van der Waals surface area (Å²) in [6.45, 7) is 12.3. The molecule has 0 fully saturated rings. The molecular weight excluding hydrogens is 323 g/mol. The Morgan fingerprint density at radius 1 is 0.652 bits per heavy atom. The van der Waals surface area contributed by atoms with Crippen LogP contribution in [0.5, 0.6) is 0 Å². The zero-order chi connectivity index (χ0) is 17.4. The molecule has 0 aromatic rings. The fourth-order valence-electron chi connectivity index (χ4n) is 1.58. The molecule has 0 aliphatic carbocycles. The van der Waals surface area contributed by atoms with Crippen molar-refractivity contribution in [2.45, 2.75) is 67.2 Å². The Labute approximate surface area is 154 Å². The average Bonchev–Trinajstić information content (AvgIpc) is 2.39. The molecule has 0 aromatic carbocycles. The molecule has 0 bridgehead atoms. The first-order chi connectivity index (χ1) is 10.3. The molecule has 0 saturated carbocycles. The number of carbonyl (C=O) groups excluding carboxylic acids is 2. The summed E-state index contributed by atoms with van der Waals surface area (Å²) in [5.41, 5.74) is 4.97. The van der Waals surface area contributed by atoms with Crippen LogP contribution in [0.25, 0.3) is 0 Å². The minimum Gasteiger partial charge on any atom is -0.299 e. The summed E-state index contributed by atoms with van der Waals surface area (Å²) in [6.07, 6.45) is 13.4. The van der Waals surface area contributed by atoms with Crippen LogP contribution in [-0.2, 0) is 28.1 Å². The first-order valence-electron chi connectivity index (χ1n) is 7.82. The van der Waals surface area contributed by atoms with Crippen molar-refractivity contribution < 1.29 is 28.1 Å². The predicted octanol–water partition coefficient (Wildman–Crippen LogP) is 5.75. The molecule has 0 spiro atoms. The Kier molecular flexibility index (Phi) is 22.0. The third-order valence-electron chi connectivity index (χ3n) is 2.89. The van der Waals surface area contributed by atoms with Crippen molar-refractivity contribution in [3.8, 4) is 0 Å². The minimum absolute atomic E-state index is 0. The van der Waals surface area contributed by atoms with E-state index in [0.717, 1.165) is 49.4 Å². The fourth-order valence-corrected chi connectivity index (χ4v) is 1.58. The molecular formula is C20H32O2V. The van der Waals surface area contributed by atoms with Gasteiger partial charge in [-0.15, -0.1) is 0 Å². The van der Waals surface area contributed by atoms with Crippen LogP contribution in [0.15, 0.2) is 46.6 Å². The molecule has 0 amide bonds. The first kappa shape index (κ1) is 26.8. The Bertz CT molecular complexity index is 391. The van der Waals surface area contributed by atoms with Gasteiger partial charge in [0.2, 0.25) is 0 Å². The summed E-state index contributed by atoms with van der Waals surface area (Å²) < 4.78 is 0. The van der Waals surface area contributed by atoms with Gasteiger partial charge in [0.25, 0.3) is 0 Å². The maximum absolute atomic E-state index is 10.0. The fraction of sp³-hybridized carbons (Fsp3) is 0.500. The topological polar surface area (TPSA) is 34.1 Å². The standard InChI is InChI=1S/2C10H16O.V/c2*1-9(2)5-4-6-10(3)7-8-11;/h2*5,7-8H,4,6H2,1-3H3;/b2*10-7-;. The molecule has 129 valence electrons. The van der Waals surface area contributed by atoms with Crippen LogP contribution in [0, 0.1) is 0 Å². The second-order valence-corrected chi connectivity index (χ2v) is 5.94. The maximum atomic E-state index is 10.0. The smallest absolute Gasteiger partial charge is 0.142 e. The van der Waals surface area contributed by atoms with Crippen LogP contribution >= 0.6 is 0 Å². The van der Waals surface area contributed by atoms with Gasteiger partial charge in [0.1, 0.15) is 12.6 Å². The van der Waals surface area contributed by atoms with Crippen molar-refractivity contribution in [3.63, 3.8) is 0 Å². The van der Waals surface area contributed by atoms with Crippen LogP contribution in [0.4, 0.5) is 0 Å². The first-order valence-corrected chi connectivity index (χ1v) is 7.82. The second kappa shape index (κ2) is 18.9. The third kappa shape index (κ3) is 26.1. The van der Waals surface area contributed by atoms with Crippen LogP contribution in [0.1, 0.15) is 67.2 Å². The van der Waals surface area contributed by atoms with Gasteiger partial charge >= 0.3 is 0 Å². The van der Waals surface area contributed by atoms with Gasteiger partial charge in [-0.05, 0) is 79.4 Å². The van der Waals surface area contributed by atoms with Crippen molar-refractivity contribution in [3.05, 3.63) is 46.6 Å². The van der Waals surface area contributed by atoms with Gasteiger partial charge in [0.05, 0.1) is 0 Å². The molecule has 0 N–H and O–H groups in total. The maximum Gasteiger partial charge on any atom is 0.142 e. The van der Waals surface area contributed by atoms with E-state index < -0.39 is 0 Å². The van der Waals surface area contributed by atoms with Gasteiger partial charge in [-0.3, -0.25) is 9.59 Å².